The lowest BCUT2D eigenvalue weighted by Crippen LogP contribution is -2.37. The third-order valence-corrected chi connectivity index (χ3v) is 4.54. The third-order valence-electron chi connectivity index (χ3n) is 3.77. The molecule has 1 heterocycles. The van der Waals surface area contributed by atoms with E-state index in [9.17, 15) is 0 Å². The highest BCUT2D eigenvalue weighted by molar-refractivity contribution is 9.10. The molecule has 1 aliphatic heterocycles. The van der Waals surface area contributed by atoms with E-state index in [1.165, 1.54) is 29.5 Å². The molecule has 2 atom stereocenters. The molecule has 1 nitrogen and oxygen atoms in total. The second-order valence-electron chi connectivity index (χ2n) is 5.07. The summed E-state index contributed by atoms with van der Waals surface area (Å²) in [7, 11) is 0. The molecule has 88 valence electrons. The summed E-state index contributed by atoms with van der Waals surface area (Å²) in [6.07, 6.45) is 1.34. The molecular formula is C14H20BrN. The zero-order valence-corrected chi connectivity index (χ0v) is 11.7. The molecule has 0 aromatic heterocycles. The van der Waals surface area contributed by atoms with Crippen LogP contribution in [0.25, 0.3) is 0 Å². The maximum atomic E-state index is 3.62. The molecule has 1 aliphatic rings. The van der Waals surface area contributed by atoms with Gasteiger partial charge in [-0.3, -0.25) is 4.90 Å². The molecule has 0 spiro atoms. The van der Waals surface area contributed by atoms with Crippen molar-refractivity contribution in [3.8, 4) is 0 Å². The van der Waals surface area contributed by atoms with E-state index >= 15 is 0 Å². The van der Waals surface area contributed by atoms with Gasteiger partial charge in [0.25, 0.3) is 0 Å². The van der Waals surface area contributed by atoms with Crippen molar-refractivity contribution in [3.63, 3.8) is 0 Å². The smallest absolute Gasteiger partial charge is 0.0245 e. The molecule has 16 heavy (non-hydrogen) atoms. The molecule has 2 unspecified atom stereocenters. The summed E-state index contributed by atoms with van der Waals surface area (Å²) >= 11 is 3.62. The van der Waals surface area contributed by atoms with Crippen molar-refractivity contribution in [1.29, 1.82) is 0 Å². The van der Waals surface area contributed by atoms with E-state index in [0.29, 0.717) is 0 Å². The van der Waals surface area contributed by atoms with Crippen molar-refractivity contribution in [2.75, 3.05) is 13.1 Å². The van der Waals surface area contributed by atoms with Crippen LogP contribution in [0, 0.1) is 11.8 Å². The van der Waals surface area contributed by atoms with Crippen LogP contribution in [-0.4, -0.2) is 18.0 Å². The first kappa shape index (κ1) is 12.1. The molecule has 1 aromatic rings. The largest absolute Gasteiger partial charge is 0.299 e. The van der Waals surface area contributed by atoms with Crippen LogP contribution in [0.5, 0.6) is 0 Å². The number of halogens is 1. The topological polar surface area (TPSA) is 3.24 Å². The van der Waals surface area contributed by atoms with Gasteiger partial charge in [-0.1, -0.05) is 48.0 Å². The lowest BCUT2D eigenvalue weighted by molar-refractivity contribution is 0.132. The van der Waals surface area contributed by atoms with Crippen LogP contribution in [0.4, 0.5) is 0 Å². The Bertz CT molecular complexity index is 350. The molecule has 0 aliphatic carbocycles. The summed E-state index contributed by atoms with van der Waals surface area (Å²) in [6, 6.07) is 8.54. The first-order valence-electron chi connectivity index (χ1n) is 6.12. The Morgan fingerprint density at radius 2 is 2.00 bits per heavy atom. The molecule has 0 amide bonds. The minimum absolute atomic E-state index is 0.830. The van der Waals surface area contributed by atoms with Crippen molar-refractivity contribution >= 4 is 15.9 Å². The van der Waals surface area contributed by atoms with Gasteiger partial charge in [0.2, 0.25) is 0 Å². The van der Waals surface area contributed by atoms with Gasteiger partial charge in [-0.25, -0.2) is 0 Å². The minimum Gasteiger partial charge on any atom is -0.299 e. The van der Waals surface area contributed by atoms with E-state index in [1.807, 2.05) is 0 Å². The molecule has 1 saturated heterocycles. The minimum atomic E-state index is 0.830. The maximum absolute atomic E-state index is 3.62. The van der Waals surface area contributed by atoms with Crippen LogP contribution < -0.4 is 0 Å². The van der Waals surface area contributed by atoms with Crippen LogP contribution in [0.2, 0.25) is 0 Å². The van der Waals surface area contributed by atoms with Crippen LogP contribution in [0.15, 0.2) is 28.7 Å². The number of rotatable bonds is 2. The fourth-order valence-electron chi connectivity index (χ4n) is 2.36. The monoisotopic (exact) mass is 281 g/mol. The van der Waals surface area contributed by atoms with Gasteiger partial charge in [-0.15, -0.1) is 0 Å². The van der Waals surface area contributed by atoms with E-state index < -0.39 is 0 Å². The van der Waals surface area contributed by atoms with Crippen molar-refractivity contribution in [2.45, 2.75) is 26.8 Å². The Morgan fingerprint density at radius 1 is 1.25 bits per heavy atom. The summed E-state index contributed by atoms with van der Waals surface area (Å²) in [6.45, 7) is 8.31. The van der Waals surface area contributed by atoms with Gasteiger partial charge < -0.3 is 0 Å². The van der Waals surface area contributed by atoms with E-state index in [-0.39, 0.29) is 0 Å². The number of benzene rings is 1. The predicted molar refractivity (Wildman–Crippen MR) is 72.4 cm³/mol. The fraction of sp³-hybridized carbons (Fsp3) is 0.571. The highest BCUT2D eigenvalue weighted by Crippen LogP contribution is 2.25. The van der Waals surface area contributed by atoms with Gasteiger partial charge in [0.15, 0.2) is 0 Å². The Labute approximate surface area is 107 Å². The predicted octanol–water partition coefficient (Wildman–Crippen LogP) is 3.93. The first-order valence-corrected chi connectivity index (χ1v) is 6.92. The van der Waals surface area contributed by atoms with Gasteiger partial charge in [-0.2, -0.15) is 0 Å². The standard InChI is InChI=1S/C14H20BrN/c1-11-7-8-16(9-12(11)2)10-13-5-3-4-6-14(13)15/h3-6,11-12H,7-10H2,1-2H3. The molecule has 2 heteroatoms. The summed E-state index contributed by atoms with van der Waals surface area (Å²) in [5.74, 6) is 1.71. The summed E-state index contributed by atoms with van der Waals surface area (Å²) in [4.78, 5) is 2.57. The molecule has 0 N–H and O–H groups in total. The quantitative estimate of drug-likeness (QED) is 0.794. The molecule has 0 bridgehead atoms. The van der Waals surface area contributed by atoms with E-state index in [4.69, 9.17) is 0 Å². The average Bonchev–Trinajstić information content (AvgIpc) is 2.27. The second-order valence-corrected chi connectivity index (χ2v) is 5.92. The van der Waals surface area contributed by atoms with Gasteiger partial charge in [-0.05, 0) is 36.4 Å². The van der Waals surface area contributed by atoms with Crippen LogP contribution in [-0.2, 0) is 6.54 Å². The zero-order chi connectivity index (χ0) is 11.5. The van der Waals surface area contributed by atoms with Crippen LogP contribution >= 0.6 is 15.9 Å². The number of hydrogen-bond donors (Lipinski definition) is 0. The Balaban J connectivity index is 1.98. The highest BCUT2D eigenvalue weighted by atomic mass is 79.9. The SMILES string of the molecule is CC1CCN(Cc2ccccc2Br)CC1C. The number of piperidine rings is 1. The van der Waals surface area contributed by atoms with E-state index in [2.05, 4.69) is 58.9 Å². The number of nitrogens with zero attached hydrogens (tertiary/aromatic N) is 1. The van der Waals surface area contributed by atoms with Crippen LogP contribution in [0.1, 0.15) is 25.8 Å². The Morgan fingerprint density at radius 3 is 2.69 bits per heavy atom. The van der Waals surface area contributed by atoms with Gasteiger partial charge in [0, 0.05) is 17.6 Å². The van der Waals surface area contributed by atoms with E-state index in [0.717, 1.165) is 18.4 Å². The van der Waals surface area contributed by atoms with Crippen molar-refractivity contribution in [2.24, 2.45) is 11.8 Å². The summed E-state index contributed by atoms with van der Waals surface area (Å²) in [5, 5.41) is 0. The first-order chi connectivity index (χ1) is 7.66. The third kappa shape index (κ3) is 2.86. The molecule has 2 rings (SSSR count). The lowest BCUT2D eigenvalue weighted by Gasteiger charge is -2.35. The molecule has 1 aromatic carbocycles. The fourth-order valence-corrected chi connectivity index (χ4v) is 2.77. The van der Waals surface area contributed by atoms with Crippen molar-refractivity contribution < 1.29 is 0 Å². The Kier molecular flexibility index (Phi) is 4.04. The van der Waals surface area contributed by atoms with Gasteiger partial charge in [0.05, 0.1) is 0 Å². The van der Waals surface area contributed by atoms with E-state index in [1.54, 1.807) is 0 Å². The zero-order valence-electron chi connectivity index (χ0n) is 10.1. The molecule has 0 saturated carbocycles. The summed E-state index contributed by atoms with van der Waals surface area (Å²) in [5.41, 5.74) is 1.41. The van der Waals surface area contributed by atoms with Gasteiger partial charge in [0.1, 0.15) is 0 Å². The normalized spacial score (nSPS) is 26.9. The van der Waals surface area contributed by atoms with Gasteiger partial charge >= 0.3 is 0 Å². The summed E-state index contributed by atoms with van der Waals surface area (Å²) < 4.78 is 1.24. The highest BCUT2D eigenvalue weighted by Gasteiger charge is 2.22. The average molecular weight is 282 g/mol. The van der Waals surface area contributed by atoms with Crippen LogP contribution in [0.3, 0.4) is 0 Å². The number of hydrogen-bond acceptors (Lipinski definition) is 1. The van der Waals surface area contributed by atoms with Crippen molar-refractivity contribution in [1.82, 2.24) is 4.90 Å². The molecule has 1 fully saturated rings. The molecule has 0 radical (unpaired) electrons. The lowest BCUT2D eigenvalue weighted by atomic mass is 9.88. The maximum Gasteiger partial charge on any atom is 0.0245 e. The Hall–Kier alpha value is -0.340. The second kappa shape index (κ2) is 5.33. The van der Waals surface area contributed by atoms with Crippen molar-refractivity contribution in [3.05, 3.63) is 34.3 Å². The molecular weight excluding hydrogens is 262 g/mol. The number of likely N-dealkylation sites (tertiary alicyclic amines) is 1.